The zero-order valence-electron chi connectivity index (χ0n) is 14.4. The molecule has 7 heteroatoms. The number of carbonyl (C=O) groups is 1. The van der Waals surface area contributed by atoms with Gasteiger partial charge in [-0.15, -0.1) is 0 Å². The fourth-order valence-electron chi connectivity index (χ4n) is 2.99. The number of pyridine rings is 2. The minimum absolute atomic E-state index is 0.152. The summed E-state index contributed by atoms with van der Waals surface area (Å²) in [6.45, 7) is 6.61. The zero-order chi connectivity index (χ0) is 17.4. The minimum atomic E-state index is -0.162. The summed E-state index contributed by atoms with van der Waals surface area (Å²) >= 11 is 0. The summed E-state index contributed by atoms with van der Waals surface area (Å²) in [7, 11) is 1.64. The van der Waals surface area contributed by atoms with Crippen LogP contribution in [-0.2, 0) is 17.9 Å². The molecule has 0 aromatic carbocycles. The van der Waals surface area contributed by atoms with Crippen LogP contribution in [-0.4, -0.2) is 32.3 Å². The molecule has 0 spiro atoms. The number of aryl methyl sites for hydroxylation is 2. The van der Waals surface area contributed by atoms with E-state index in [4.69, 9.17) is 0 Å². The monoisotopic (exact) mass is 327 g/mol. The summed E-state index contributed by atoms with van der Waals surface area (Å²) in [5, 5.41) is 5.87. The lowest BCUT2D eigenvalue weighted by molar-refractivity contribution is -0.116. The lowest BCUT2D eigenvalue weighted by Gasteiger charge is -2.13. The Balaban J connectivity index is 2.55. The van der Waals surface area contributed by atoms with Gasteiger partial charge in [0.1, 0.15) is 11.0 Å². The van der Waals surface area contributed by atoms with Crippen LogP contribution in [0.3, 0.4) is 0 Å². The van der Waals surface area contributed by atoms with Crippen molar-refractivity contribution < 1.29 is 4.79 Å². The fraction of sp³-hybridized carbons (Fsp3) is 0.412. The van der Waals surface area contributed by atoms with E-state index in [0.29, 0.717) is 29.9 Å². The van der Waals surface area contributed by atoms with Gasteiger partial charge in [-0.1, -0.05) is 6.92 Å². The van der Waals surface area contributed by atoms with E-state index >= 15 is 0 Å². The van der Waals surface area contributed by atoms with E-state index < -0.39 is 0 Å². The summed E-state index contributed by atoms with van der Waals surface area (Å²) in [5.41, 5.74) is 1.24. The van der Waals surface area contributed by atoms with Crippen molar-refractivity contribution in [3.63, 3.8) is 0 Å². The van der Waals surface area contributed by atoms with Gasteiger partial charge in [0.15, 0.2) is 5.82 Å². The van der Waals surface area contributed by atoms with Gasteiger partial charge in [0, 0.05) is 38.6 Å². The molecule has 0 atom stereocenters. The highest BCUT2D eigenvalue weighted by atomic mass is 16.2. The Bertz CT molecular complexity index is 986. The van der Waals surface area contributed by atoms with Gasteiger partial charge in [-0.05, 0) is 25.5 Å². The Morgan fingerprint density at radius 3 is 2.71 bits per heavy atom. The van der Waals surface area contributed by atoms with Crippen LogP contribution < -0.4 is 10.5 Å². The highest BCUT2D eigenvalue weighted by molar-refractivity contribution is 6.09. The molecule has 0 bridgehead atoms. The smallest absolute Gasteiger partial charge is 0.265 e. The van der Waals surface area contributed by atoms with E-state index in [1.807, 2.05) is 26.0 Å². The number of rotatable bonds is 4. The van der Waals surface area contributed by atoms with Crippen molar-refractivity contribution in [2.75, 3.05) is 11.9 Å². The maximum atomic E-state index is 13.1. The summed E-state index contributed by atoms with van der Waals surface area (Å²) in [4.78, 5) is 30.8. The zero-order valence-corrected chi connectivity index (χ0v) is 14.4. The fourth-order valence-corrected chi connectivity index (χ4v) is 2.99. The van der Waals surface area contributed by atoms with Crippen LogP contribution in [0.5, 0.6) is 0 Å². The standard InChI is InChI=1S/C17H21N5O2/c1-5-10-21-15-12(8-7-9-18-15)14-13(17(21)24)16(19-22(14)6-2)20(4)11(3)23/h7-9H,5-6,10H2,1-4H3. The number of amides is 1. The maximum absolute atomic E-state index is 13.1. The number of anilines is 1. The predicted octanol–water partition coefficient (Wildman–Crippen LogP) is 2.16. The van der Waals surface area contributed by atoms with E-state index in [0.717, 1.165) is 17.3 Å². The lowest BCUT2D eigenvalue weighted by atomic mass is 10.2. The lowest BCUT2D eigenvalue weighted by Crippen LogP contribution is -2.27. The van der Waals surface area contributed by atoms with Gasteiger partial charge in [-0.2, -0.15) is 5.10 Å². The first kappa shape index (κ1) is 16.2. The molecule has 0 aliphatic rings. The molecular weight excluding hydrogens is 306 g/mol. The summed E-state index contributed by atoms with van der Waals surface area (Å²) in [5.74, 6) is 0.241. The summed E-state index contributed by atoms with van der Waals surface area (Å²) < 4.78 is 3.45. The van der Waals surface area contributed by atoms with Crippen molar-refractivity contribution in [1.82, 2.24) is 19.3 Å². The molecule has 3 aromatic rings. The van der Waals surface area contributed by atoms with Gasteiger partial charge in [0.05, 0.1) is 5.52 Å². The van der Waals surface area contributed by atoms with Crippen LogP contribution >= 0.6 is 0 Å². The van der Waals surface area contributed by atoms with Gasteiger partial charge in [-0.3, -0.25) is 23.7 Å². The molecule has 1 amide bonds. The highest BCUT2D eigenvalue weighted by Gasteiger charge is 2.23. The third kappa shape index (κ3) is 2.28. The molecule has 24 heavy (non-hydrogen) atoms. The van der Waals surface area contributed by atoms with Crippen LogP contribution in [0.2, 0.25) is 0 Å². The number of aromatic nitrogens is 4. The van der Waals surface area contributed by atoms with Crippen molar-refractivity contribution in [3.05, 3.63) is 28.7 Å². The van der Waals surface area contributed by atoms with Crippen LogP contribution in [0.1, 0.15) is 27.2 Å². The van der Waals surface area contributed by atoms with E-state index in [9.17, 15) is 9.59 Å². The second-order valence-electron chi connectivity index (χ2n) is 5.77. The number of hydrogen-bond donors (Lipinski definition) is 0. The van der Waals surface area contributed by atoms with Gasteiger partial charge in [-0.25, -0.2) is 4.98 Å². The molecule has 0 N–H and O–H groups in total. The Kier molecular flexibility index (Phi) is 4.09. The first-order chi connectivity index (χ1) is 11.5. The van der Waals surface area contributed by atoms with Crippen LogP contribution in [0, 0.1) is 0 Å². The number of fused-ring (bicyclic) bond motifs is 3. The first-order valence-corrected chi connectivity index (χ1v) is 8.13. The minimum Gasteiger partial charge on any atom is -0.298 e. The first-order valence-electron chi connectivity index (χ1n) is 8.13. The molecule has 3 aromatic heterocycles. The van der Waals surface area contributed by atoms with Crippen molar-refractivity contribution in [2.24, 2.45) is 0 Å². The second kappa shape index (κ2) is 6.07. The average Bonchev–Trinajstić information content (AvgIpc) is 2.97. The topological polar surface area (TPSA) is 73.0 Å². The van der Waals surface area contributed by atoms with Gasteiger partial charge >= 0.3 is 0 Å². The van der Waals surface area contributed by atoms with Crippen molar-refractivity contribution in [2.45, 2.75) is 40.3 Å². The molecule has 0 unspecified atom stereocenters. The van der Waals surface area contributed by atoms with Crippen LogP contribution in [0.4, 0.5) is 5.82 Å². The average molecular weight is 327 g/mol. The molecular formula is C17H21N5O2. The van der Waals surface area contributed by atoms with E-state index in [1.54, 1.807) is 22.5 Å². The number of carbonyl (C=O) groups excluding carboxylic acids is 1. The second-order valence-corrected chi connectivity index (χ2v) is 5.77. The van der Waals surface area contributed by atoms with Gasteiger partial charge in [0.25, 0.3) is 5.56 Å². The highest BCUT2D eigenvalue weighted by Crippen LogP contribution is 2.28. The molecule has 126 valence electrons. The van der Waals surface area contributed by atoms with Crippen LogP contribution in [0.25, 0.3) is 21.9 Å². The van der Waals surface area contributed by atoms with Crippen molar-refractivity contribution >= 4 is 33.7 Å². The SMILES string of the molecule is CCCn1c(=O)c2c(N(C)C(C)=O)nn(CC)c2c2cccnc21. The van der Waals surface area contributed by atoms with Gasteiger partial charge < -0.3 is 0 Å². The van der Waals surface area contributed by atoms with E-state index in [1.165, 1.54) is 11.8 Å². The van der Waals surface area contributed by atoms with Crippen molar-refractivity contribution in [1.29, 1.82) is 0 Å². The molecule has 0 aliphatic carbocycles. The Labute approximate surface area is 139 Å². The van der Waals surface area contributed by atoms with Gasteiger partial charge in [0.2, 0.25) is 5.91 Å². The van der Waals surface area contributed by atoms with E-state index in [-0.39, 0.29) is 11.5 Å². The molecule has 0 saturated carbocycles. The molecule has 7 nitrogen and oxygen atoms in total. The largest absolute Gasteiger partial charge is 0.298 e. The third-order valence-electron chi connectivity index (χ3n) is 4.23. The number of nitrogens with zero attached hydrogens (tertiary/aromatic N) is 5. The third-order valence-corrected chi connectivity index (χ3v) is 4.23. The molecule has 3 rings (SSSR count). The molecule has 3 heterocycles. The predicted molar refractivity (Wildman–Crippen MR) is 94.3 cm³/mol. The van der Waals surface area contributed by atoms with Crippen LogP contribution in [0.15, 0.2) is 23.1 Å². The normalized spacial score (nSPS) is 11.3. The summed E-state index contributed by atoms with van der Waals surface area (Å²) in [6, 6.07) is 3.80. The van der Waals surface area contributed by atoms with Crippen molar-refractivity contribution in [3.8, 4) is 0 Å². The van der Waals surface area contributed by atoms with E-state index in [2.05, 4.69) is 10.1 Å². The molecule has 0 radical (unpaired) electrons. The molecule has 0 saturated heterocycles. The Morgan fingerprint density at radius 2 is 2.08 bits per heavy atom. The summed E-state index contributed by atoms with van der Waals surface area (Å²) in [6.07, 6.45) is 2.51. The molecule has 0 aliphatic heterocycles. The maximum Gasteiger partial charge on any atom is 0.265 e. The quantitative estimate of drug-likeness (QED) is 0.736. The number of hydrogen-bond acceptors (Lipinski definition) is 4. The Hall–Kier alpha value is -2.70. The Morgan fingerprint density at radius 1 is 1.33 bits per heavy atom. The molecule has 0 fully saturated rings.